The summed E-state index contributed by atoms with van der Waals surface area (Å²) in [7, 11) is 0. The smallest absolute Gasteiger partial charge is 0.0568 e. The minimum Gasteiger partial charge on any atom is -0.345 e. The van der Waals surface area contributed by atoms with Crippen LogP contribution in [0.3, 0.4) is 0 Å². The number of benzene rings is 2. The molecule has 3 nitrogen and oxygen atoms in total. The molecule has 1 heterocycles. The maximum absolute atomic E-state index is 4.76. The van der Waals surface area contributed by atoms with Gasteiger partial charge >= 0.3 is 0 Å². The molecule has 3 heteroatoms. The summed E-state index contributed by atoms with van der Waals surface area (Å²) in [6, 6.07) is 16.4. The van der Waals surface area contributed by atoms with Gasteiger partial charge in [0.2, 0.25) is 0 Å². The average molecular weight is 538 g/mol. The molecule has 0 aliphatic heterocycles. The lowest BCUT2D eigenvalue weighted by molar-refractivity contribution is 0.323. The number of allylic oxidation sites excluding steroid dienone is 1. The van der Waals surface area contributed by atoms with E-state index in [-0.39, 0.29) is 5.54 Å². The topological polar surface area (TPSA) is 21.1 Å². The molecular formula is C37H51N3. The Hall–Kier alpha value is -2.81. The van der Waals surface area contributed by atoms with Gasteiger partial charge < -0.3 is 4.90 Å². The Kier molecular flexibility index (Phi) is 8.88. The second-order valence-corrected chi connectivity index (χ2v) is 13.6. The summed E-state index contributed by atoms with van der Waals surface area (Å²) in [6.45, 7) is 17.0. The first-order valence-electron chi connectivity index (χ1n) is 15.9. The number of hydrogen-bond acceptors (Lipinski definition) is 2. The summed E-state index contributed by atoms with van der Waals surface area (Å²) in [6.07, 6.45) is 17.1. The summed E-state index contributed by atoms with van der Waals surface area (Å²) >= 11 is 0. The third-order valence-corrected chi connectivity index (χ3v) is 9.69. The molecule has 214 valence electrons. The van der Waals surface area contributed by atoms with Crippen LogP contribution in [0.4, 0.5) is 5.69 Å². The van der Waals surface area contributed by atoms with Crippen molar-refractivity contribution < 1.29 is 0 Å². The molecule has 0 amide bonds. The quantitative estimate of drug-likeness (QED) is 0.285. The first-order chi connectivity index (χ1) is 19.2. The van der Waals surface area contributed by atoms with E-state index in [0.29, 0.717) is 17.8 Å². The Balaban J connectivity index is 1.34. The van der Waals surface area contributed by atoms with Crippen molar-refractivity contribution in [2.45, 2.75) is 110 Å². The van der Waals surface area contributed by atoms with Crippen LogP contribution < -0.4 is 4.90 Å². The van der Waals surface area contributed by atoms with E-state index in [1.54, 1.807) is 5.56 Å². The Bertz CT molecular complexity index is 1280. The van der Waals surface area contributed by atoms with E-state index in [4.69, 9.17) is 6.58 Å². The van der Waals surface area contributed by atoms with Crippen LogP contribution in [0, 0.1) is 18.8 Å². The Labute approximate surface area is 243 Å². The zero-order valence-electron chi connectivity index (χ0n) is 25.8. The van der Waals surface area contributed by atoms with E-state index >= 15 is 0 Å². The maximum atomic E-state index is 4.76. The Morgan fingerprint density at radius 1 is 0.950 bits per heavy atom. The van der Waals surface area contributed by atoms with Crippen molar-refractivity contribution in [1.82, 2.24) is 9.78 Å². The van der Waals surface area contributed by atoms with Crippen molar-refractivity contribution in [3.8, 4) is 11.1 Å². The fraction of sp³-hybridized carbons (Fsp3) is 0.541. The van der Waals surface area contributed by atoms with Crippen LogP contribution >= 0.6 is 0 Å². The fourth-order valence-electron chi connectivity index (χ4n) is 7.04. The highest BCUT2D eigenvalue weighted by molar-refractivity contribution is 5.68. The van der Waals surface area contributed by atoms with Crippen LogP contribution in [0.1, 0.15) is 108 Å². The second kappa shape index (κ2) is 12.4. The van der Waals surface area contributed by atoms with Gasteiger partial charge in [0.25, 0.3) is 0 Å². The highest BCUT2D eigenvalue weighted by Crippen LogP contribution is 2.40. The van der Waals surface area contributed by atoms with Crippen molar-refractivity contribution >= 4 is 5.69 Å². The molecule has 0 saturated heterocycles. The molecule has 2 saturated carbocycles. The van der Waals surface area contributed by atoms with Crippen molar-refractivity contribution in [3.63, 3.8) is 0 Å². The molecule has 0 bridgehead atoms. The lowest BCUT2D eigenvalue weighted by atomic mass is 9.77. The lowest BCUT2D eigenvalue weighted by Gasteiger charge is -2.38. The number of aromatic nitrogens is 2. The van der Waals surface area contributed by atoms with Gasteiger partial charge in [-0.1, -0.05) is 63.1 Å². The van der Waals surface area contributed by atoms with E-state index in [1.165, 1.54) is 91.4 Å². The predicted octanol–water partition coefficient (Wildman–Crippen LogP) is 10.1. The minimum absolute atomic E-state index is 0.0211. The summed E-state index contributed by atoms with van der Waals surface area (Å²) in [5.41, 5.74) is 9.55. The largest absolute Gasteiger partial charge is 0.345 e. The number of rotatable bonds is 8. The Morgan fingerprint density at radius 3 is 2.35 bits per heavy atom. The highest BCUT2D eigenvalue weighted by Gasteiger charge is 2.28. The molecule has 0 N–H and O–H groups in total. The Morgan fingerprint density at radius 2 is 1.70 bits per heavy atom. The van der Waals surface area contributed by atoms with Gasteiger partial charge in [0.05, 0.1) is 11.7 Å². The third-order valence-electron chi connectivity index (χ3n) is 9.69. The molecule has 40 heavy (non-hydrogen) atoms. The average Bonchev–Trinajstić information content (AvgIpc) is 3.48. The molecular weight excluding hydrogens is 486 g/mol. The van der Waals surface area contributed by atoms with Crippen molar-refractivity contribution in [3.05, 3.63) is 83.8 Å². The predicted molar refractivity (Wildman–Crippen MR) is 171 cm³/mol. The minimum atomic E-state index is -0.0211. The van der Waals surface area contributed by atoms with Gasteiger partial charge in [-0.2, -0.15) is 5.10 Å². The molecule has 5 rings (SSSR count). The molecule has 3 aromatic rings. The van der Waals surface area contributed by atoms with Crippen molar-refractivity contribution in [2.24, 2.45) is 11.8 Å². The molecule has 0 spiro atoms. The van der Waals surface area contributed by atoms with Crippen LogP contribution in [0.15, 0.2) is 67.1 Å². The first kappa shape index (κ1) is 28.7. The number of hydrogen-bond donors (Lipinski definition) is 0. The zero-order chi connectivity index (χ0) is 28.3. The van der Waals surface area contributed by atoms with E-state index in [9.17, 15) is 0 Å². The van der Waals surface area contributed by atoms with Gasteiger partial charge in [-0.25, -0.2) is 0 Å². The van der Waals surface area contributed by atoms with E-state index in [1.807, 2.05) is 6.20 Å². The molecule has 0 atom stereocenters. The monoisotopic (exact) mass is 537 g/mol. The fourth-order valence-corrected chi connectivity index (χ4v) is 7.04. The zero-order valence-corrected chi connectivity index (χ0v) is 25.8. The SMILES string of the molecule is C=C(C1CCCCC1)N(CC1CCC(c2ccc(CC)c(C)c2)CC1)c1cccc(-c2cnn(C(C)(C)C)c2)c1. The molecule has 0 radical (unpaired) electrons. The van der Waals surface area contributed by atoms with Gasteiger partial charge in [0.1, 0.15) is 0 Å². The van der Waals surface area contributed by atoms with Gasteiger partial charge in [0, 0.05) is 29.7 Å². The van der Waals surface area contributed by atoms with E-state index in [0.717, 1.165) is 13.0 Å². The van der Waals surface area contributed by atoms with Crippen molar-refractivity contribution in [2.75, 3.05) is 11.4 Å². The van der Waals surface area contributed by atoms with Crippen LogP contribution in [0.25, 0.3) is 11.1 Å². The van der Waals surface area contributed by atoms with Crippen molar-refractivity contribution in [1.29, 1.82) is 0 Å². The molecule has 1 aromatic heterocycles. The van der Waals surface area contributed by atoms with E-state index < -0.39 is 0 Å². The standard InChI is InChI=1S/C37H51N3/c1-7-30-20-21-34(22-27(30)2)32-18-16-29(17-19-32)25-39(28(3)31-12-9-8-10-13-31)36-15-11-14-33(23-36)35-24-38-40(26-35)37(4,5)6/h11,14-15,20-24,26,29,31-32H,3,7-10,12-13,16-19,25H2,1-2,4-6H3. The third kappa shape index (κ3) is 6.56. The van der Waals surface area contributed by atoms with Crippen LogP contribution in [-0.2, 0) is 12.0 Å². The maximum Gasteiger partial charge on any atom is 0.0568 e. The first-order valence-corrected chi connectivity index (χ1v) is 15.9. The summed E-state index contributed by atoms with van der Waals surface area (Å²) in [5, 5.41) is 4.67. The molecule has 2 aliphatic carbocycles. The van der Waals surface area contributed by atoms with Crippen LogP contribution in [-0.4, -0.2) is 16.3 Å². The van der Waals surface area contributed by atoms with Gasteiger partial charge in [-0.15, -0.1) is 0 Å². The van der Waals surface area contributed by atoms with Crippen LogP contribution in [0.5, 0.6) is 0 Å². The van der Waals surface area contributed by atoms with Gasteiger partial charge in [-0.05, 0) is 125 Å². The van der Waals surface area contributed by atoms with Gasteiger partial charge in [-0.3, -0.25) is 4.68 Å². The molecule has 2 aromatic carbocycles. The summed E-state index contributed by atoms with van der Waals surface area (Å²) < 4.78 is 2.07. The van der Waals surface area contributed by atoms with Crippen LogP contribution in [0.2, 0.25) is 0 Å². The van der Waals surface area contributed by atoms with Gasteiger partial charge in [0.15, 0.2) is 0 Å². The second-order valence-electron chi connectivity index (χ2n) is 13.6. The molecule has 2 fully saturated rings. The number of anilines is 1. The van der Waals surface area contributed by atoms with E-state index in [2.05, 4.69) is 98.0 Å². The number of nitrogens with zero attached hydrogens (tertiary/aromatic N) is 3. The summed E-state index contributed by atoms with van der Waals surface area (Å²) in [5.74, 6) is 2.02. The normalized spacial score (nSPS) is 20.4. The summed E-state index contributed by atoms with van der Waals surface area (Å²) in [4.78, 5) is 2.61. The molecule has 0 unspecified atom stereocenters. The highest BCUT2D eigenvalue weighted by atomic mass is 15.3. The lowest BCUT2D eigenvalue weighted by Crippen LogP contribution is -2.33. The number of aryl methyl sites for hydroxylation is 2. The molecule has 2 aliphatic rings.